The third-order valence-electron chi connectivity index (χ3n) is 6.01. The number of rotatable bonds is 7. The van der Waals surface area contributed by atoms with Crippen LogP contribution in [0.2, 0.25) is 5.15 Å². The van der Waals surface area contributed by atoms with Crippen molar-refractivity contribution in [1.29, 1.82) is 0 Å². The number of carboxylic acid groups (broad SMARTS) is 1. The fourth-order valence-corrected chi connectivity index (χ4v) is 6.17. The molecule has 2 N–H and O–H groups in total. The van der Waals surface area contributed by atoms with Gasteiger partial charge >= 0.3 is 5.97 Å². The van der Waals surface area contributed by atoms with Crippen LogP contribution in [-0.2, 0) is 4.79 Å². The molecule has 2 aromatic heterocycles. The van der Waals surface area contributed by atoms with E-state index in [0.717, 1.165) is 39.2 Å². The van der Waals surface area contributed by atoms with Crippen LogP contribution in [0.25, 0.3) is 32.8 Å². The Labute approximate surface area is 231 Å². The van der Waals surface area contributed by atoms with Gasteiger partial charge in [0.25, 0.3) is 0 Å². The smallest absolute Gasteiger partial charge is 0.321 e. The highest BCUT2D eigenvalue weighted by Gasteiger charge is 2.25. The molecule has 2 heterocycles. The summed E-state index contributed by atoms with van der Waals surface area (Å²) in [6.07, 6.45) is 0. The maximum absolute atomic E-state index is 12.3. The Morgan fingerprint density at radius 1 is 0.868 bits per heavy atom. The lowest BCUT2D eigenvalue weighted by atomic mass is 10.0. The normalized spacial score (nSPS) is 12.0. The summed E-state index contributed by atoms with van der Waals surface area (Å²) in [6.45, 7) is 0. The number of thiazole rings is 1. The molecule has 0 fully saturated rings. The van der Waals surface area contributed by atoms with E-state index in [4.69, 9.17) is 16.6 Å². The molecular weight excluding hydrogens is 536 g/mol. The number of carbonyl (C=O) groups is 1. The molecule has 6 nitrogen and oxygen atoms in total. The minimum Gasteiger partial charge on any atom is -0.480 e. The van der Waals surface area contributed by atoms with Gasteiger partial charge in [-0.1, -0.05) is 102 Å². The largest absolute Gasteiger partial charge is 0.480 e. The first kappa shape index (κ1) is 24.4. The number of aliphatic carboxylic acids is 1. The van der Waals surface area contributed by atoms with Gasteiger partial charge < -0.3 is 10.4 Å². The van der Waals surface area contributed by atoms with E-state index < -0.39 is 11.2 Å². The number of fused-ring (bicyclic) bond motifs is 2. The Balaban J connectivity index is 1.26. The molecule has 38 heavy (non-hydrogen) atoms. The molecule has 0 saturated heterocycles. The summed E-state index contributed by atoms with van der Waals surface area (Å²) in [7, 11) is 0. The van der Waals surface area contributed by atoms with Gasteiger partial charge in [0.1, 0.15) is 16.2 Å². The van der Waals surface area contributed by atoms with E-state index >= 15 is 0 Å². The minimum absolute atomic E-state index is 0.207. The van der Waals surface area contributed by atoms with Gasteiger partial charge in [0, 0.05) is 17.0 Å². The van der Waals surface area contributed by atoms with Crippen molar-refractivity contribution in [2.45, 2.75) is 10.4 Å². The molecule has 9 heteroatoms. The van der Waals surface area contributed by atoms with E-state index in [-0.39, 0.29) is 10.3 Å². The van der Waals surface area contributed by atoms with Crippen molar-refractivity contribution < 1.29 is 9.90 Å². The van der Waals surface area contributed by atoms with E-state index in [2.05, 4.69) is 45.6 Å². The van der Waals surface area contributed by atoms with Crippen molar-refractivity contribution >= 4 is 73.2 Å². The predicted molar refractivity (Wildman–Crippen MR) is 156 cm³/mol. The molecule has 1 unspecified atom stereocenters. The number of hydrogen-bond acceptors (Lipinski definition) is 7. The number of anilines is 2. The molecule has 0 aliphatic heterocycles. The van der Waals surface area contributed by atoms with Crippen LogP contribution in [-0.4, -0.2) is 26.0 Å². The predicted octanol–water partition coefficient (Wildman–Crippen LogP) is 8.22. The van der Waals surface area contributed by atoms with E-state index in [1.165, 1.54) is 16.7 Å². The highest BCUT2D eigenvalue weighted by Crippen LogP contribution is 2.38. The van der Waals surface area contributed by atoms with Crippen molar-refractivity contribution in [2.24, 2.45) is 0 Å². The van der Waals surface area contributed by atoms with Gasteiger partial charge in [0.05, 0.1) is 5.69 Å². The molecule has 0 radical (unpaired) electrons. The van der Waals surface area contributed by atoms with Gasteiger partial charge in [0.15, 0.2) is 10.3 Å². The summed E-state index contributed by atoms with van der Waals surface area (Å²) >= 11 is 8.80. The molecule has 1 atom stereocenters. The molecule has 0 bridgehead atoms. The van der Waals surface area contributed by atoms with Crippen LogP contribution in [0.3, 0.4) is 0 Å². The lowest BCUT2D eigenvalue weighted by molar-refractivity contribution is -0.136. The lowest BCUT2D eigenvalue weighted by Crippen LogP contribution is -2.09. The van der Waals surface area contributed by atoms with Crippen LogP contribution < -0.4 is 5.32 Å². The number of halogens is 1. The number of carboxylic acids is 1. The van der Waals surface area contributed by atoms with Crippen molar-refractivity contribution in [3.8, 4) is 11.3 Å². The standard InChI is InChI=1S/C29H19ClN4O2S2/c30-24-15-25(33-28-31-23(16-37-28)20-13-12-17-6-1-2-8-19(17)14-20)34-29(32-24)38-26(27(35)36)22-11-5-9-18-7-3-4-10-21(18)22/h1-16,26H,(H,35,36)(H,31,32,33,34). The molecular formula is C29H19ClN4O2S2. The van der Waals surface area contributed by atoms with E-state index in [1.54, 1.807) is 6.07 Å². The van der Waals surface area contributed by atoms with Crippen LogP contribution in [0, 0.1) is 0 Å². The van der Waals surface area contributed by atoms with Crippen LogP contribution in [0.4, 0.5) is 10.9 Å². The van der Waals surface area contributed by atoms with E-state index in [0.29, 0.717) is 16.5 Å². The van der Waals surface area contributed by atoms with Gasteiger partial charge in [-0.3, -0.25) is 4.79 Å². The van der Waals surface area contributed by atoms with Gasteiger partial charge in [-0.25, -0.2) is 15.0 Å². The number of hydrogen-bond donors (Lipinski definition) is 2. The fraction of sp³-hybridized carbons (Fsp3) is 0.0345. The van der Waals surface area contributed by atoms with Crippen molar-refractivity contribution in [3.63, 3.8) is 0 Å². The van der Waals surface area contributed by atoms with Crippen LogP contribution >= 0.6 is 34.7 Å². The summed E-state index contributed by atoms with van der Waals surface area (Å²) in [6, 6.07) is 29.4. The topological polar surface area (TPSA) is 88.0 Å². The zero-order valence-corrected chi connectivity index (χ0v) is 22.1. The summed E-state index contributed by atoms with van der Waals surface area (Å²) in [5.41, 5.74) is 2.54. The number of benzene rings is 4. The SMILES string of the molecule is O=C(O)C(Sc1nc(Cl)cc(Nc2nc(-c3ccc4ccccc4c3)cs2)n1)c1cccc2ccccc12. The van der Waals surface area contributed by atoms with Crippen molar-refractivity contribution in [2.75, 3.05) is 5.32 Å². The number of nitrogens with one attached hydrogen (secondary N) is 1. The molecule has 0 saturated carbocycles. The van der Waals surface area contributed by atoms with E-state index in [1.807, 2.05) is 60.0 Å². The quantitative estimate of drug-likeness (QED) is 0.117. The second kappa shape index (κ2) is 10.4. The third kappa shape index (κ3) is 5.06. The zero-order valence-electron chi connectivity index (χ0n) is 19.7. The zero-order chi connectivity index (χ0) is 26.1. The molecule has 6 rings (SSSR count). The van der Waals surface area contributed by atoms with Crippen LogP contribution in [0.1, 0.15) is 10.8 Å². The second-order valence-corrected chi connectivity index (χ2v) is 10.8. The summed E-state index contributed by atoms with van der Waals surface area (Å²) in [5, 5.41) is 19.6. The highest BCUT2D eigenvalue weighted by molar-refractivity contribution is 8.00. The number of aromatic nitrogens is 3. The first-order chi connectivity index (χ1) is 18.5. The maximum Gasteiger partial charge on any atom is 0.321 e. The Morgan fingerprint density at radius 3 is 2.47 bits per heavy atom. The monoisotopic (exact) mass is 554 g/mol. The second-order valence-electron chi connectivity index (χ2n) is 8.49. The van der Waals surface area contributed by atoms with Gasteiger partial charge in [0.2, 0.25) is 0 Å². The fourth-order valence-electron chi connectivity index (χ4n) is 4.27. The van der Waals surface area contributed by atoms with Gasteiger partial charge in [-0.15, -0.1) is 11.3 Å². The molecule has 0 amide bonds. The van der Waals surface area contributed by atoms with Gasteiger partial charge in [-0.05, 0) is 33.2 Å². The Bertz CT molecular complexity index is 1800. The molecule has 4 aromatic carbocycles. The Hall–Kier alpha value is -3.98. The van der Waals surface area contributed by atoms with Gasteiger partial charge in [-0.2, -0.15) is 0 Å². The average Bonchev–Trinajstić information content (AvgIpc) is 3.39. The molecule has 186 valence electrons. The third-order valence-corrected chi connectivity index (χ3v) is 8.05. The number of thioether (sulfide) groups is 1. The molecule has 0 spiro atoms. The number of nitrogens with zero attached hydrogens (tertiary/aromatic N) is 3. The summed E-state index contributed by atoms with van der Waals surface area (Å²) in [4.78, 5) is 25.8. The first-order valence-corrected chi connectivity index (χ1v) is 13.8. The minimum atomic E-state index is -0.982. The van der Waals surface area contributed by atoms with Crippen molar-refractivity contribution in [3.05, 3.63) is 107 Å². The first-order valence-electron chi connectivity index (χ1n) is 11.7. The lowest BCUT2D eigenvalue weighted by Gasteiger charge is -2.15. The molecule has 0 aliphatic rings. The summed E-state index contributed by atoms with van der Waals surface area (Å²) in [5.74, 6) is -0.543. The maximum atomic E-state index is 12.3. The van der Waals surface area contributed by atoms with E-state index in [9.17, 15) is 9.90 Å². The average molecular weight is 555 g/mol. The van der Waals surface area contributed by atoms with Crippen LogP contribution in [0.15, 0.2) is 102 Å². The summed E-state index contributed by atoms with van der Waals surface area (Å²) < 4.78 is 0. The molecule has 0 aliphatic carbocycles. The Kier molecular flexibility index (Phi) is 6.68. The Morgan fingerprint density at radius 2 is 1.63 bits per heavy atom. The molecule has 6 aromatic rings. The van der Waals surface area contributed by atoms with Crippen LogP contribution in [0.5, 0.6) is 0 Å². The highest BCUT2D eigenvalue weighted by atomic mass is 35.5. The van der Waals surface area contributed by atoms with Crippen molar-refractivity contribution in [1.82, 2.24) is 15.0 Å².